The fourth-order valence-electron chi connectivity index (χ4n) is 1.77. The Morgan fingerprint density at radius 2 is 2.18 bits per heavy atom. The van der Waals surface area contributed by atoms with Crippen molar-refractivity contribution >= 4 is 5.91 Å². The van der Waals surface area contributed by atoms with Crippen molar-refractivity contribution < 1.29 is 9.90 Å². The van der Waals surface area contributed by atoms with Crippen LogP contribution in [0.1, 0.15) is 23.3 Å². The van der Waals surface area contributed by atoms with E-state index in [1.807, 2.05) is 12.2 Å². The number of aliphatic hydroxyl groups is 1. The maximum Gasteiger partial charge on any atom is 0.269 e. The first-order chi connectivity index (χ1) is 8.15. The molecule has 0 atom stereocenters. The van der Waals surface area contributed by atoms with Crippen molar-refractivity contribution in [2.45, 2.75) is 18.4 Å². The number of hydrogen-bond donors (Lipinski definition) is 3. The molecule has 0 saturated heterocycles. The molecule has 1 heterocycles. The van der Waals surface area contributed by atoms with Crippen LogP contribution >= 0.6 is 0 Å². The topological polar surface area (TPSA) is 95.1 Å². The largest absolute Gasteiger partial charge is 0.394 e. The lowest BCUT2D eigenvalue weighted by Gasteiger charge is -2.27. The van der Waals surface area contributed by atoms with Gasteiger partial charge < -0.3 is 15.4 Å². The summed E-state index contributed by atoms with van der Waals surface area (Å²) in [6, 6.07) is 0. The number of aromatic nitrogens is 2. The van der Waals surface area contributed by atoms with Crippen LogP contribution in [-0.2, 0) is 0 Å². The first-order valence-electron chi connectivity index (χ1n) is 5.28. The summed E-state index contributed by atoms with van der Waals surface area (Å²) < 4.78 is 0. The number of carbonyl (C=O) groups excluding carboxylic acids is 1. The van der Waals surface area contributed by atoms with Crippen LogP contribution in [0.15, 0.2) is 29.3 Å². The van der Waals surface area contributed by atoms with Gasteiger partial charge in [-0.25, -0.2) is 0 Å². The Hall–Kier alpha value is -1.95. The van der Waals surface area contributed by atoms with E-state index in [1.165, 1.54) is 6.20 Å². The molecule has 0 bridgehead atoms. The Labute approximate surface area is 97.4 Å². The molecule has 3 N–H and O–H groups in total. The van der Waals surface area contributed by atoms with Gasteiger partial charge >= 0.3 is 0 Å². The zero-order valence-corrected chi connectivity index (χ0v) is 9.14. The summed E-state index contributed by atoms with van der Waals surface area (Å²) in [5, 5.41) is 12.0. The van der Waals surface area contributed by atoms with Crippen molar-refractivity contribution in [1.82, 2.24) is 15.3 Å². The molecule has 0 unspecified atom stereocenters. The number of amides is 1. The number of aromatic amines is 1. The van der Waals surface area contributed by atoms with Gasteiger partial charge in [0, 0.05) is 0 Å². The van der Waals surface area contributed by atoms with E-state index < -0.39 is 17.0 Å². The van der Waals surface area contributed by atoms with Gasteiger partial charge in [-0.05, 0) is 12.8 Å². The molecule has 0 spiro atoms. The van der Waals surface area contributed by atoms with Crippen molar-refractivity contribution in [2.24, 2.45) is 0 Å². The van der Waals surface area contributed by atoms with Gasteiger partial charge in [0.25, 0.3) is 11.5 Å². The van der Waals surface area contributed by atoms with Crippen LogP contribution in [0.4, 0.5) is 0 Å². The number of rotatable bonds is 3. The van der Waals surface area contributed by atoms with Gasteiger partial charge in [0.05, 0.1) is 24.5 Å². The van der Waals surface area contributed by atoms with Gasteiger partial charge in [0.2, 0.25) is 0 Å². The summed E-state index contributed by atoms with van der Waals surface area (Å²) in [7, 11) is 0. The molecule has 0 aromatic carbocycles. The van der Waals surface area contributed by atoms with Crippen molar-refractivity contribution in [1.29, 1.82) is 0 Å². The molecule has 90 valence electrons. The van der Waals surface area contributed by atoms with Crippen LogP contribution in [0.25, 0.3) is 0 Å². The normalized spacial score (nSPS) is 17.0. The summed E-state index contributed by atoms with van der Waals surface area (Å²) in [4.78, 5) is 28.9. The van der Waals surface area contributed by atoms with E-state index in [2.05, 4.69) is 15.3 Å². The van der Waals surface area contributed by atoms with E-state index in [-0.39, 0.29) is 12.3 Å². The maximum absolute atomic E-state index is 11.9. The molecule has 0 aliphatic heterocycles. The van der Waals surface area contributed by atoms with Gasteiger partial charge in [0.15, 0.2) is 0 Å². The van der Waals surface area contributed by atoms with Crippen LogP contribution in [-0.4, -0.2) is 33.1 Å². The number of nitrogens with one attached hydrogen (secondary N) is 2. The predicted molar refractivity (Wildman–Crippen MR) is 60.5 cm³/mol. The highest BCUT2D eigenvalue weighted by atomic mass is 16.3. The molecule has 0 saturated carbocycles. The number of nitrogens with zero attached hydrogens (tertiary/aromatic N) is 1. The van der Waals surface area contributed by atoms with Crippen LogP contribution < -0.4 is 10.9 Å². The monoisotopic (exact) mass is 235 g/mol. The van der Waals surface area contributed by atoms with Gasteiger partial charge in [-0.15, -0.1) is 0 Å². The van der Waals surface area contributed by atoms with Gasteiger partial charge in [-0.1, -0.05) is 12.2 Å². The Morgan fingerprint density at radius 3 is 2.76 bits per heavy atom. The van der Waals surface area contributed by atoms with Crippen LogP contribution in [0.2, 0.25) is 0 Å². The highest BCUT2D eigenvalue weighted by Crippen LogP contribution is 2.23. The lowest BCUT2D eigenvalue weighted by atomic mass is 9.97. The molecule has 6 heteroatoms. The lowest BCUT2D eigenvalue weighted by Crippen LogP contribution is -2.49. The quantitative estimate of drug-likeness (QED) is 0.620. The molecule has 2 rings (SSSR count). The summed E-state index contributed by atoms with van der Waals surface area (Å²) >= 11 is 0. The third-order valence-corrected chi connectivity index (χ3v) is 2.76. The number of H-pyrrole nitrogens is 1. The van der Waals surface area contributed by atoms with E-state index in [9.17, 15) is 14.7 Å². The van der Waals surface area contributed by atoms with E-state index in [4.69, 9.17) is 0 Å². The number of hydrogen-bond acceptors (Lipinski definition) is 4. The molecule has 1 amide bonds. The highest BCUT2D eigenvalue weighted by Gasteiger charge is 2.32. The number of carbonyl (C=O) groups is 1. The maximum atomic E-state index is 11.9. The van der Waals surface area contributed by atoms with Crippen LogP contribution in [0, 0.1) is 0 Å². The van der Waals surface area contributed by atoms with Crippen molar-refractivity contribution in [3.8, 4) is 0 Å². The Kier molecular flexibility index (Phi) is 3.06. The molecule has 6 nitrogen and oxygen atoms in total. The molecule has 17 heavy (non-hydrogen) atoms. The van der Waals surface area contributed by atoms with Crippen molar-refractivity contribution in [3.63, 3.8) is 0 Å². The van der Waals surface area contributed by atoms with E-state index in [1.54, 1.807) is 0 Å². The van der Waals surface area contributed by atoms with Gasteiger partial charge in [-0.3, -0.25) is 14.6 Å². The molecule has 1 aliphatic rings. The van der Waals surface area contributed by atoms with Crippen molar-refractivity contribution in [3.05, 3.63) is 40.6 Å². The average molecular weight is 235 g/mol. The second-order valence-electron chi connectivity index (χ2n) is 4.08. The molecular weight excluding hydrogens is 222 g/mol. The second-order valence-corrected chi connectivity index (χ2v) is 4.08. The average Bonchev–Trinajstić information content (AvgIpc) is 2.78. The Bertz CT molecular complexity index is 499. The minimum absolute atomic E-state index is 0.0947. The first-order valence-corrected chi connectivity index (χ1v) is 5.28. The molecule has 0 radical (unpaired) electrons. The molecule has 1 aromatic heterocycles. The summed E-state index contributed by atoms with van der Waals surface area (Å²) in [5.41, 5.74) is -0.985. The smallest absolute Gasteiger partial charge is 0.269 e. The van der Waals surface area contributed by atoms with Gasteiger partial charge in [0.1, 0.15) is 5.69 Å². The SMILES string of the molecule is O=C(NC1(CO)CC=CC1)c1cncc(=O)[nH]1. The molecular formula is C11H13N3O3. The standard InChI is InChI=1S/C11H13N3O3/c15-7-11(3-1-2-4-11)14-10(17)8-5-12-6-9(16)13-8/h1-2,5-6,15H,3-4,7H2,(H,13,16)(H,14,17). The summed E-state index contributed by atoms with van der Waals surface area (Å²) in [6.07, 6.45) is 7.35. The van der Waals surface area contributed by atoms with E-state index >= 15 is 0 Å². The van der Waals surface area contributed by atoms with Crippen LogP contribution in [0.3, 0.4) is 0 Å². The molecule has 1 aliphatic carbocycles. The minimum atomic E-state index is -0.649. The molecule has 1 aromatic rings. The van der Waals surface area contributed by atoms with E-state index in [0.29, 0.717) is 12.8 Å². The number of aliphatic hydroxyl groups excluding tert-OH is 1. The third kappa shape index (κ3) is 2.42. The fraction of sp³-hybridized carbons (Fsp3) is 0.364. The van der Waals surface area contributed by atoms with E-state index in [0.717, 1.165) is 6.20 Å². The summed E-state index contributed by atoms with van der Waals surface area (Å²) in [5.74, 6) is -0.437. The highest BCUT2D eigenvalue weighted by molar-refractivity contribution is 5.92. The zero-order valence-electron chi connectivity index (χ0n) is 9.14. The Balaban J connectivity index is 2.14. The van der Waals surface area contributed by atoms with Crippen LogP contribution in [0.5, 0.6) is 0 Å². The summed E-state index contributed by atoms with van der Waals surface area (Å²) in [6.45, 7) is -0.143. The lowest BCUT2D eigenvalue weighted by molar-refractivity contribution is 0.0839. The zero-order chi connectivity index (χ0) is 12.3. The Morgan fingerprint density at radius 1 is 1.47 bits per heavy atom. The minimum Gasteiger partial charge on any atom is -0.394 e. The van der Waals surface area contributed by atoms with Crippen molar-refractivity contribution in [2.75, 3.05) is 6.61 Å². The predicted octanol–water partition coefficient (Wildman–Crippen LogP) is -0.419. The third-order valence-electron chi connectivity index (χ3n) is 2.76. The fourth-order valence-corrected chi connectivity index (χ4v) is 1.77. The van der Waals surface area contributed by atoms with Gasteiger partial charge in [-0.2, -0.15) is 0 Å². The molecule has 0 fully saturated rings. The second kappa shape index (κ2) is 4.50. The first kappa shape index (κ1) is 11.5.